The average molecular weight is 285 g/mol. The van der Waals surface area contributed by atoms with Crippen molar-refractivity contribution in [1.82, 2.24) is 4.90 Å². The van der Waals surface area contributed by atoms with Crippen LogP contribution in [0.25, 0.3) is 0 Å². The number of carbonyl (C=O) groups is 1. The van der Waals surface area contributed by atoms with Crippen LogP contribution in [0.1, 0.15) is 54.6 Å². The molecule has 3 heteroatoms. The predicted octanol–water partition coefficient (Wildman–Crippen LogP) is 2.74. The van der Waals surface area contributed by atoms with Gasteiger partial charge >= 0.3 is 0 Å². The SMILES string of the molecule is Cc1c(C#CCO)cccc1C(=O)N1C(C)CCCC1C. The van der Waals surface area contributed by atoms with E-state index in [0.29, 0.717) is 0 Å². The Morgan fingerprint density at radius 3 is 2.62 bits per heavy atom. The molecule has 0 bridgehead atoms. The van der Waals surface area contributed by atoms with Crippen LogP contribution in [0.15, 0.2) is 18.2 Å². The van der Waals surface area contributed by atoms with Crippen molar-refractivity contribution in [3.05, 3.63) is 34.9 Å². The van der Waals surface area contributed by atoms with Crippen LogP contribution in [-0.4, -0.2) is 34.6 Å². The average Bonchev–Trinajstić information content (AvgIpc) is 2.46. The van der Waals surface area contributed by atoms with E-state index in [1.54, 1.807) is 0 Å². The Hall–Kier alpha value is -1.79. The van der Waals surface area contributed by atoms with Gasteiger partial charge in [0.2, 0.25) is 0 Å². The number of likely N-dealkylation sites (tertiary alicyclic amines) is 1. The summed E-state index contributed by atoms with van der Waals surface area (Å²) in [5, 5.41) is 8.82. The van der Waals surface area contributed by atoms with Crippen molar-refractivity contribution in [1.29, 1.82) is 0 Å². The molecule has 2 unspecified atom stereocenters. The molecule has 1 fully saturated rings. The van der Waals surface area contributed by atoms with Crippen LogP contribution in [0.4, 0.5) is 0 Å². The van der Waals surface area contributed by atoms with E-state index in [2.05, 4.69) is 25.7 Å². The van der Waals surface area contributed by atoms with Gasteiger partial charge in [-0.05, 0) is 57.7 Å². The number of hydrogen-bond acceptors (Lipinski definition) is 2. The lowest BCUT2D eigenvalue weighted by atomic mass is 9.94. The highest BCUT2D eigenvalue weighted by atomic mass is 16.2. The lowest BCUT2D eigenvalue weighted by molar-refractivity contribution is 0.0510. The number of nitrogens with zero attached hydrogens (tertiary/aromatic N) is 1. The summed E-state index contributed by atoms with van der Waals surface area (Å²) in [5.41, 5.74) is 2.43. The van der Waals surface area contributed by atoms with E-state index in [1.807, 2.05) is 30.0 Å². The number of amides is 1. The van der Waals surface area contributed by atoms with Crippen molar-refractivity contribution in [3.63, 3.8) is 0 Å². The smallest absolute Gasteiger partial charge is 0.254 e. The molecule has 2 rings (SSSR count). The first-order valence-electron chi connectivity index (χ1n) is 7.58. The maximum atomic E-state index is 12.9. The van der Waals surface area contributed by atoms with Crippen LogP contribution in [-0.2, 0) is 0 Å². The van der Waals surface area contributed by atoms with Crippen LogP contribution >= 0.6 is 0 Å². The quantitative estimate of drug-likeness (QED) is 0.806. The Morgan fingerprint density at radius 1 is 1.33 bits per heavy atom. The molecule has 0 radical (unpaired) electrons. The first-order valence-corrected chi connectivity index (χ1v) is 7.58. The fourth-order valence-electron chi connectivity index (χ4n) is 3.10. The Balaban J connectivity index is 2.35. The van der Waals surface area contributed by atoms with Crippen molar-refractivity contribution in [2.24, 2.45) is 0 Å². The van der Waals surface area contributed by atoms with E-state index < -0.39 is 0 Å². The molecule has 21 heavy (non-hydrogen) atoms. The zero-order valence-corrected chi connectivity index (χ0v) is 13.0. The van der Waals surface area contributed by atoms with Gasteiger partial charge in [-0.25, -0.2) is 0 Å². The molecule has 1 amide bonds. The summed E-state index contributed by atoms with van der Waals surface area (Å²) >= 11 is 0. The molecule has 3 nitrogen and oxygen atoms in total. The highest BCUT2D eigenvalue weighted by Crippen LogP contribution is 2.26. The number of rotatable bonds is 1. The lowest BCUT2D eigenvalue weighted by Gasteiger charge is -2.39. The molecule has 0 aromatic heterocycles. The van der Waals surface area contributed by atoms with Gasteiger partial charge in [0.1, 0.15) is 6.61 Å². The minimum atomic E-state index is -0.169. The Bertz CT molecular complexity index is 573. The molecule has 1 aliphatic rings. The summed E-state index contributed by atoms with van der Waals surface area (Å²) in [6.07, 6.45) is 3.32. The molecule has 1 saturated heterocycles. The van der Waals surface area contributed by atoms with Gasteiger partial charge in [0.05, 0.1) is 0 Å². The number of carbonyl (C=O) groups excluding carboxylic acids is 1. The van der Waals surface area contributed by atoms with E-state index in [4.69, 9.17) is 5.11 Å². The third kappa shape index (κ3) is 3.28. The monoisotopic (exact) mass is 285 g/mol. The minimum absolute atomic E-state index is 0.0971. The molecule has 0 spiro atoms. The molecule has 1 aromatic carbocycles. The van der Waals surface area contributed by atoms with Crippen LogP contribution in [0, 0.1) is 18.8 Å². The van der Waals surface area contributed by atoms with E-state index >= 15 is 0 Å². The maximum absolute atomic E-state index is 12.9. The first kappa shape index (κ1) is 15.6. The number of benzene rings is 1. The number of hydrogen-bond donors (Lipinski definition) is 1. The molecule has 2 atom stereocenters. The number of piperidine rings is 1. The molecule has 0 saturated carbocycles. The van der Waals surface area contributed by atoms with Crippen molar-refractivity contribution < 1.29 is 9.90 Å². The third-order valence-corrected chi connectivity index (χ3v) is 4.29. The van der Waals surface area contributed by atoms with Gasteiger partial charge in [0.25, 0.3) is 5.91 Å². The molecule has 1 N–H and O–H groups in total. The topological polar surface area (TPSA) is 40.5 Å². The standard InChI is InChI=1S/C18H23NO2/c1-13-7-4-8-14(2)19(13)18(21)17-11-5-9-16(15(17)3)10-6-12-20/h5,9,11,13-14,20H,4,7-8,12H2,1-3H3. The Morgan fingerprint density at radius 2 is 2.00 bits per heavy atom. The van der Waals surface area contributed by atoms with Gasteiger partial charge in [-0.3, -0.25) is 4.79 Å². The normalized spacial score (nSPS) is 21.6. The van der Waals surface area contributed by atoms with E-state index in [9.17, 15) is 4.79 Å². The summed E-state index contributed by atoms with van der Waals surface area (Å²) in [6, 6.07) is 6.19. The fraction of sp³-hybridized carbons (Fsp3) is 0.500. The van der Waals surface area contributed by atoms with Crippen LogP contribution in [0.5, 0.6) is 0 Å². The fourth-order valence-corrected chi connectivity index (χ4v) is 3.10. The molecule has 0 aliphatic carbocycles. The summed E-state index contributed by atoms with van der Waals surface area (Å²) < 4.78 is 0. The van der Waals surface area contributed by atoms with E-state index in [-0.39, 0.29) is 24.6 Å². The number of aliphatic hydroxyl groups is 1. The Labute approximate surface area is 127 Å². The van der Waals surface area contributed by atoms with E-state index in [0.717, 1.165) is 29.5 Å². The molecular weight excluding hydrogens is 262 g/mol. The van der Waals surface area contributed by atoms with Gasteiger partial charge in [0, 0.05) is 23.2 Å². The van der Waals surface area contributed by atoms with Gasteiger partial charge in [0.15, 0.2) is 0 Å². The Kier molecular flexibility index (Phi) is 5.03. The summed E-state index contributed by atoms with van der Waals surface area (Å²) in [6.45, 7) is 6.00. The molecular formula is C18H23NO2. The first-order chi connectivity index (χ1) is 10.1. The van der Waals surface area contributed by atoms with Gasteiger partial charge in [-0.2, -0.15) is 0 Å². The van der Waals surface area contributed by atoms with Crippen molar-refractivity contribution in [2.45, 2.75) is 52.1 Å². The van der Waals surface area contributed by atoms with Crippen molar-refractivity contribution in [3.8, 4) is 11.8 Å². The van der Waals surface area contributed by atoms with Crippen LogP contribution in [0.2, 0.25) is 0 Å². The molecule has 1 heterocycles. The summed E-state index contributed by atoms with van der Waals surface area (Å²) in [4.78, 5) is 14.9. The third-order valence-electron chi connectivity index (χ3n) is 4.29. The molecule has 1 aliphatic heterocycles. The van der Waals surface area contributed by atoms with Crippen molar-refractivity contribution >= 4 is 5.91 Å². The molecule has 112 valence electrons. The van der Waals surface area contributed by atoms with Gasteiger partial charge in [-0.15, -0.1) is 0 Å². The minimum Gasteiger partial charge on any atom is -0.384 e. The summed E-state index contributed by atoms with van der Waals surface area (Å²) in [7, 11) is 0. The molecule has 1 aromatic rings. The van der Waals surface area contributed by atoms with Crippen molar-refractivity contribution in [2.75, 3.05) is 6.61 Å². The predicted molar refractivity (Wildman–Crippen MR) is 84.1 cm³/mol. The van der Waals surface area contributed by atoms with E-state index in [1.165, 1.54) is 6.42 Å². The maximum Gasteiger partial charge on any atom is 0.254 e. The second-order valence-electron chi connectivity index (χ2n) is 5.78. The van der Waals surface area contributed by atoms with Crippen LogP contribution in [0.3, 0.4) is 0 Å². The lowest BCUT2D eigenvalue weighted by Crippen LogP contribution is -2.47. The summed E-state index contributed by atoms with van der Waals surface area (Å²) in [5.74, 6) is 5.66. The largest absolute Gasteiger partial charge is 0.384 e. The van der Waals surface area contributed by atoms with Crippen LogP contribution < -0.4 is 0 Å². The second-order valence-corrected chi connectivity index (χ2v) is 5.78. The highest BCUT2D eigenvalue weighted by Gasteiger charge is 2.30. The zero-order chi connectivity index (χ0) is 15.4. The second kappa shape index (κ2) is 6.78. The zero-order valence-electron chi connectivity index (χ0n) is 13.0. The number of aliphatic hydroxyl groups excluding tert-OH is 1. The van der Waals surface area contributed by atoms with Gasteiger partial charge in [-0.1, -0.05) is 17.9 Å². The highest BCUT2D eigenvalue weighted by molar-refractivity contribution is 5.96. The van der Waals surface area contributed by atoms with Gasteiger partial charge < -0.3 is 10.0 Å².